The maximum absolute atomic E-state index is 6.33. The number of hydrogen-bond acceptors (Lipinski definition) is 3. The van der Waals surface area contributed by atoms with Gasteiger partial charge in [0.15, 0.2) is 5.96 Å². The quantitative estimate of drug-likeness (QED) is 0.251. The molecule has 0 atom stereocenters. The predicted octanol–water partition coefficient (Wildman–Crippen LogP) is 3.78. The van der Waals surface area contributed by atoms with Crippen LogP contribution in [0.5, 0.6) is 0 Å². The smallest absolute Gasteiger partial charge is 0.193 e. The van der Waals surface area contributed by atoms with Gasteiger partial charge in [-0.1, -0.05) is 37.6 Å². The van der Waals surface area contributed by atoms with E-state index in [1.807, 2.05) is 25.2 Å². The van der Waals surface area contributed by atoms with Crippen LogP contribution in [0.1, 0.15) is 26.7 Å². The van der Waals surface area contributed by atoms with E-state index in [0.717, 1.165) is 62.5 Å². The van der Waals surface area contributed by atoms with Crippen molar-refractivity contribution in [3.05, 3.63) is 29.3 Å². The minimum Gasteiger partial charge on any atom is -0.367 e. The normalized spacial score (nSPS) is 15.1. The van der Waals surface area contributed by atoms with Crippen LogP contribution in [0.4, 0.5) is 5.69 Å². The molecule has 1 aromatic rings. The highest BCUT2D eigenvalue weighted by Crippen LogP contribution is 2.25. The van der Waals surface area contributed by atoms with E-state index in [4.69, 9.17) is 11.6 Å². The number of rotatable bonds is 8. The van der Waals surface area contributed by atoms with Crippen LogP contribution in [0.25, 0.3) is 0 Å². The second-order valence-corrected chi connectivity index (χ2v) is 7.04. The molecule has 0 radical (unpaired) electrons. The highest BCUT2D eigenvalue weighted by atomic mass is 127. The summed E-state index contributed by atoms with van der Waals surface area (Å²) in [5.74, 6) is 1.02. The molecule has 1 N–H and O–H groups in total. The van der Waals surface area contributed by atoms with E-state index in [1.165, 1.54) is 19.4 Å². The van der Waals surface area contributed by atoms with Crippen molar-refractivity contribution in [2.75, 3.05) is 64.3 Å². The number of guanidine groups is 1. The zero-order valence-corrected chi connectivity index (χ0v) is 20.0. The summed E-state index contributed by atoms with van der Waals surface area (Å²) in [6, 6.07) is 8.09. The lowest BCUT2D eigenvalue weighted by Crippen LogP contribution is -2.52. The van der Waals surface area contributed by atoms with Crippen LogP contribution in [-0.2, 0) is 0 Å². The highest BCUT2D eigenvalue weighted by molar-refractivity contribution is 14.0. The standard InChI is InChI=1S/C20H34ClN5.HI/c1-4-24(5-2)13-9-8-12-23-20(22-3)26-16-14-25(15-17-26)19-11-7-6-10-18(19)21;/h6-7,10-11H,4-5,8-9,12-17H2,1-3H3,(H,22,23);1H. The molecule has 0 amide bonds. The number of aliphatic imine (C=N–C) groups is 1. The Labute approximate surface area is 187 Å². The largest absolute Gasteiger partial charge is 0.367 e. The topological polar surface area (TPSA) is 34.1 Å². The number of nitrogens with one attached hydrogen (secondary N) is 1. The molecule has 0 aromatic heterocycles. The van der Waals surface area contributed by atoms with Gasteiger partial charge in [0.25, 0.3) is 0 Å². The number of hydrogen-bond donors (Lipinski definition) is 1. The third kappa shape index (κ3) is 7.66. The Morgan fingerprint density at radius 1 is 1.11 bits per heavy atom. The monoisotopic (exact) mass is 507 g/mol. The highest BCUT2D eigenvalue weighted by Gasteiger charge is 2.20. The Morgan fingerprint density at radius 3 is 2.37 bits per heavy atom. The zero-order chi connectivity index (χ0) is 18.8. The third-order valence-electron chi connectivity index (χ3n) is 5.06. The molecule has 1 aliphatic heterocycles. The van der Waals surface area contributed by atoms with Gasteiger partial charge in [-0.05, 0) is 44.6 Å². The van der Waals surface area contributed by atoms with Crippen molar-refractivity contribution >= 4 is 47.2 Å². The molecule has 27 heavy (non-hydrogen) atoms. The van der Waals surface area contributed by atoms with Crippen LogP contribution in [0.2, 0.25) is 5.02 Å². The Kier molecular flexibility index (Phi) is 12.1. The van der Waals surface area contributed by atoms with E-state index in [1.54, 1.807) is 0 Å². The van der Waals surface area contributed by atoms with Crippen molar-refractivity contribution in [3.8, 4) is 0 Å². The van der Waals surface area contributed by atoms with E-state index in [0.29, 0.717) is 0 Å². The first kappa shape index (κ1) is 24.3. The number of halogens is 2. The van der Waals surface area contributed by atoms with Crippen molar-refractivity contribution in [3.63, 3.8) is 0 Å². The fourth-order valence-corrected chi connectivity index (χ4v) is 3.66. The van der Waals surface area contributed by atoms with Gasteiger partial charge in [0.2, 0.25) is 0 Å². The molecule has 1 aliphatic rings. The summed E-state index contributed by atoms with van der Waals surface area (Å²) in [5, 5.41) is 4.36. The fourth-order valence-electron chi connectivity index (χ4n) is 3.40. The van der Waals surface area contributed by atoms with Gasteiger partial charge >= 0.3 is 0 Å². The lowest BCUT2D eigenvalue weighted by atomic mass is 10.2. The first-order chi connectivity index (χ1) is 12.7. The van der Waals surface area contributed by atoms with Gasteiger partial charge in [-0.15, -0.1) is 24.0 Å². The summed E-state index contributed by atoms with van der Waals surface area (Å²) in [6.45, 7) is 12.8. The Hall–Kier alpha value is -0.730. The number of anilines is 1. The lowest BCUT2D eigenvalue weighted by Gasteiger charge is -2.38. The van der Waals surface area contributed by atoms with Gasteiger partial charge in [0, 0.05) is 39.8 Å². The molecule has 1 aromatic carbocycles. The number of unbranched alkanes of at least 4 members (excludes halogenated alkanes) is 1. The molecule has 1 fully saturated rings. The molecule has 0 spiro atoms. The Morgan fingerprint density at radius 2 is 1.78 bits per heavy atom. The zero-order valence-electron chi connectivity index (χ0n) is 17.0. The minimum atomic E-state index is 0. The molecular formula is C20H35ClIN5. The number of nitrogens with zero attached hydrogens (tertiary/aromatic N) is 4. The molecule has 0 aliphatic carbocycles. The summed E-state index contributed by atoms with van der Waals surface area (Å²) in [5.41, 5.74) is 1.13. The molecule has 154 valence electrons. The van der Waals surface area contributed by atoms with E-state index >= 15 is 0 Å². The molecule has 0 saturated carbocycles. The average molecular weight is 508 g/mol. The van der Waals surface area contributed by atoms with E-state index in [-0.39, 0.29) is 24.0 Å². The molecular weight excluding hydrogens is 473 g/mol. The molecule has 2 rings (SSSR count). The third-order valence-corrected chi connectivity index (χ3v) is 5.38. The van der Waals surface area contributed by atoms with Crippen LogP contribution in [0.3, 0.4) is 0 Å². The maximum atomic E-state index is 6.33. The van der Waals surface area contributed by atoms with Crippen molar-refractivity contribution in [1.82, 2.24) is 15.1 Å². The summed E-state index contributed by atoms with van der Waals surface area (Å²) in [7, 11) is 1.87. The second-order valence-electron chi connectivity index (χ2n) is 6.63. The summed E-state index contributed by atoms with van der Waals surface area (Å²) in [6.07, 6.45) is 2.40. The first-order valence-corrected chi connectivity index (χ1v) is 10.2. The number of benzene rings is 1. The van der Waals surface area contributed by atoms with Crippen LogP contribution in [-0.4, -0.2) is 75.2 Å². The molecule has 0 unspecified atom stereocenters. The van der Waals surface area contributed by atoms with E-state index in [2.05, 4.69) is 44.9 Å². The van der Waals surface area contributed by atoms with E-state index < -0.39 is 0 Å². The fraction of sp³-hybridized carbons (Fsp3) is 0.650. The van der Waals surface area contributed by atoms with Crippen molar-refractivity contribution in [1.29, 1.82) is 0 Å². The van der Waals surface area contributed by atoms with Gasteiger partial charge in [-0.3, -0.25) is 4.99 Å². The van der Waals surface area contributed by atoms with Crippen LogP contribution < -0.4 is 10.2 Å². The molecule has 5 nitrogen and oxygen atoms in total. The van der Waals surface area contributed by atoms with Gasteiger partial charge < -0.3 is 20.0 Å². The summed E-state index contributed by atoms with van der Waals surface area (Å²) < 4.78 is 0. The van der Waals surface area contributed by atoms with Crippen molar-refractivity contribution in [2.24, 2.45) is 4.99 Å². The SMILES string of the molecule is CCN(CC)CCCCNC(=NC)N1CCN(c2ccccc2Cl)CC1.I. The molecule has 1 heterocycles. The van der Waals surface area contributed by atoms with Gasteiger partial charge in [0.05, 0.1) is 10.7 Å². The van der Waals surface area contributed by atoms with Crippen LogP contribution >= 0.6 is 35.6 Å². The second kappa shape index (κ2) is 13.4. The molecule has 0 bridgehead atoms. The minimum absolute atomic E-state index is 0. The number of piperazine rings is 1. The van der Waals surface area contributed by atoms with Crippen molar-refractivity contribution < 1.29 is 0 Å². The molecule has 7 heteroatoms. The van der Waals surface area contributed by atoms with E-state index in [9.17, 15) is 0 Å². The Bertz CT molecular complexity index is 557. The maximum Gasteiger partial charge on any atom is 0.193 e. The lowest BCUT2D eigenvalue weighted by molar-refractivity contribution is 0.296. The van der Waals surface area contributed by atoms with Gasteiger partial charge in [0.1, 0.15) is 0 Å². The average Bonchev–Trinajstić information content (AvgIpc) is 2.68. The number of para-hydroxylation sites is 1. The Balaban J connectivity index is 0.00000364. The van der Waals surface area contributed by atoms with Gasteiger partial charge in [-0.2, -0.15) is 0 Å². The van der Waals surface area contributed by atoms with Crippen LogP contribution in [0.15, 0.2) is 29.3 Å². The summed E-state index contributed by atoms with van der Waals surface area (Å²) >= 11 is 6.33. The summed E-state index contributed by atoms with van der Waals surface area (Å²) in [4.78, 5) is 11.6. The van der Waals surface area contributed by atoms with Crippen LogP contribution in [0, 0.1) is 0 Å². The molecule has 1 saturated heterocycles. The van der Waals surface area contributed by atoms with Gasteiger partial charge in [-0.25, -0.2) is 0 Å². The van der Waals surface area contributed by atoms with Crippen molar-refractivity contribution in [2.45, 2.75) is 26.7 Å². The predicted molar refractivity (Wildman–Crippen MR) is 129 cm³/mol. The first-order valence-electron chi connectivity index (χ1n) is 9.87.